The highest BCUT2D eigenvalue weighted by atomic mass is 35.5. The Morgan fingerprint density at radius 3 is 2.75 bits per heavy atom. The summed E-state index contributed by atoms with van der Waals surface area (Å²) in [6.07, 6.45) is 1.61. The molecule has 0 bridgehead atoms. The summed E-state index contributed by atoms with van der Waals surface area (Å²) < 4.78 is 0. The van der Waals surface area contributed by atoms with Crippen LogP contribution in [0.2, 0.25) is 5.15 Å². The molecule has 1 aromatic carbocycles. The Labute approximate surface area is 121 Å². The Hall–Kier alpha value is -2.14. The van der Waals surface area contributed by atoms with Crippen molar-refractivity contribution in [3.63, 3.8) is 0 Å². The predicted molar refractivity (Wildman–Crippen MR) is 79.1 cm³/mol. The summed E-state index contributed by atoms with van der Waals surface area (Å²) in [6, 6.07) is 8.66. The molecule has 1 N–H and O–H groups in total. The van der Waals surface area contributed by atoms with Gasteiger partial charge in [-0.3, -0.25) is 10.1 Å². The molecule has 0 radical (unpaired) electrons. The van der Waals surface area contributed by atoms with E-state index in [0.29, 0.717) is 10.7 Å². The van der Waals surface area contributed by atoms with Crippen LogP contribution in [0.5, 0.6) is 0 Å². The first-order valence-electron chi connectivity index (χ1n) is 6.10. The molecule has 0 aliphatic rings. The zero-order valence-corrected chi connectivity index (χ0v) is 11.9. The summed E-state index contributed by atoms with van der Waals surface area (Å²) in [6.45, 7) is 3.66. The van der Waals surface area contributed by atoms with E-state index in [1.54, 1.807) is 37.4 Å². The van der Waals surface area contributed by atoms with Crippen LogP contribution >= 0.6 is 11.6 Å². The summed E-state index contributed by atoms with van der Waals surface area (Å²) in [5, 5.41) is 14.6. The maximum atomic E-state index is 11.0. The number of hydrogen-bond donors (Lipinski definition) is 1. The van der Waals surface area contributed by atoms with Gasteiger partial charge in [0.25, 0.3) is 5.69 Å². The van der Waals surface area contributed by atoms with Gasteiger partial charge in [-0.1, -0.05) is 23.7 Å². The second-order valence-corrected chi connectivity index (χ2v) is 4.92. The largest absolute Gasteiger partial charge is 0.378 e. The van der Waals surface area contributed by atoms with Gasteiger partial charge >= 0.3 is 0 Å². The maximum Gasteiger partial charge on any atom is 0.272 e. The van der Waals surface area contributed by atoms with Crippen molar-refractivity contribution >= 4 is 23.0 Å². The molecule has 0 saturated heterocycles. The maximum absolute atomic E-state index is 11.0. The molecule has 1 aromatic heterocycles. The summed E-state index contributed by atoms with van der Waals surface area (Å²) in [4.78, 5) is 14.5. The molecule has 0 spiro atoms. The molecule has 0 aliphatic carbocycles. The predicted octanol–water partition coefficient (Wildman–Crippen LogP) is 4.12. The quantitative estimate of drug-likeness (QED) is 0.522. The number of nitrogens with one attached hydrogen (secondary N) is 1. The average Bonchev–Trinajstić information content (AvgIpc) is 2.38. The minimum absolute atomic E-state index is 0.0761. The van der Waals surface area contributed by atoms with Gasteiger partial charge in [0.2, 0.25) is 0 Å². The van der Waals surface area contributed by atoms with Gasteiger partial charge in [-0.05, 0) is 31.5 Å². The second kappa shape index (κ2) is 5.88. The number of hydrogen-bond acceptors (Lipinski definition) is 4. The lowest BCUT2D eigenvalue weighted by Gasteiger charge is -2.16. The number of nitro groups is 1. The molecule has 0 saturated carbocycles. The Morgan fingerprint density at radius 2 is 2.10 bits per heavy atom. The molecule has 0 amide bonds. The number of nitrogens with zero attached hydrogens (tertiary/aromatic N) is 2. The third kappa shape index (κ3) is 3.24. The number of benzene rings is 1. The second-order valence-electron chi connectivity index (χ2n) is 4.54. The van der Waals surface area contributed by atoms with Crippen LogP contribution in [0.1, 0.15) is 24.1 Å². The Balaban J connectivity index is 2.23. The first-order valence-corrected chi connectivity index (χ1v) is 6.48. The highest BCUT2D eigenvalue weighted by Crippen LogP contribution is 2.26. The molecule has 5 nitrogen and oxygen atoms in total. The number of rotatable bonds is 4. The third-order valence-corrected chi connectivity index (χ3v) is 3.25. The third-order valence-electron chi connectivity index (χ3n) is 3.04. The average molecular weight is 292 g/mol. The minimum atomic E-state index is -0.366. The molecule has 104 valence electrons. The zero-order chi connectivity index (χ0) is 14.7. The minimum Gasteiger partial charge on any atom is -0.378 e. The standard InChI is InChI=1S/C14H14ClN3O2/c1-9-3-4-11(7-13(9)18(19)20)10(2)17-12-5-6-16-14(15)8-12/h3-8,10H,1-2H3,(H,16,17). The fourth-order valence-corrected chi connectivity index (χ4v) is 2.09. The van der Waals surface area contributed by atoms with E-state index in [1.165, 1.54) is 0 Å². The summed E-state index contributed by atoms with van der Waals surface area (Å²) in [5.74, 6) is 0. The van der Waals surface area contributed by atoms with Crippen LogP contribution in [0.25, 0.3) is 0 Å². The van der Waals surface area contributed by atoms with Crippen LogP contribution in [0.3, 0.4) is 0 Å². The van der Waals surface area contributed by atoms with Gasteiger partial charge < -0.3 is 5.32 Å². The van der Waals surface area contributed by atoms with Crippen molar-refractivity contribution in [1.82, 2.24) is 4.98 Å². The topological polar surface area (TPSA) is 68.1 Å². The molecule has 20 heavy (non-hydrogen) atoms. The van der Waals surface area contributed by atoms with Crippen LogP contribution in [-0.2, 0) is 0 Å². The molecular formula is C14H14ClN3O2. The van der Waals surface area contributed by atoms with Gasteiger partial charge in [0.1, 0.15) is 5.15 Å². The van der Waals surface area contributed by atoms with E-state index in [1.807, 2.05) is 13.0 Å². The van der Waals surface area contributed by atoms with Gasteiger partial charge in [0, 0.05) is 29.6 Å². The highest BCUT2D eigenvalue weighted by molar-refractivity contribution is 6.29. The summed E-state index contributed by atoms with van der Waals surface area (Å²) in [5.41, 5.74) is 2.44. The van der Waals surface area contributed by atoms with E-state index >= 15 is 0 Å². The van der Waals surface area contributed by atoms with Gasteiger partial charge in [0.05, 0.1) is 4.92 Å². The van der Waals surface area contributed by atoms with Crippen LogP contribution in [0.4, 0.5) is 11.4 Å². The lowest BCUT2D eigenvalue weighted by Crippen LogP contribution is -2.07. The number of nitro benzene ring substituents is 1. The monoisotopic (exact) mass is 291 g/mol. The lowest BCUT2D eigenvalue weighted by molar-refractivity contribution is -0.385. The molecule has 2 rings (SSSR count). The fourth-order valence-electron chi connectivity index (χ4n) is 1.92. The summed E-state index contributed by atoms with van der Waals surface area (Å²) in [7, 11) is 0. The fraction of sp³-hybridized carbons (Fsp3) is 0.214. The number of anilines is 1. The molecule has 2 aromatic rings. The number of aromatic nitrogens is 1. The van der Waals surface area contributed by atoms with Crippen molar-refractivity contribution in [2.45, 2.75) is 19.9 Å². The van der Waals surface area contributed by atoms with Gasteiger partial charge in [-0.25, -0.2) is 4.98 Å². The van der Waals surface area contributed by atoms with Crippen molar-refractivity contribution < 1.29 is 4.92 Å². The first kappa shape index (κ1) is 14.3. The smallest absolute Gasteiger partial charge is 0.272 e. The molecule has 0 fully saturated rings. The molecule has 6 heteroatoms. The van der Waals surface area contributed by atoms with Crippen LogP contribution in [0.15, 0.2) is 36.5 Å². The van der Waals surface area contributed by atoms with E-state index in [9.17, 15) is 10.1 Å². The Morgan fingerprint density at radius 1 is 1.35 bits per heavy atom. The molecule has 1 unspecified atom stereocenters. The number of aryl methyl sites for hydroxylation is 1. The molecular weight excluding hydrogens is 278 g/mol. The van der Waals surface area contributed by atoms with E-state index in [2.05, 4.69) is 10.3 Å². The van der Waals surface area contributed by atoms with E-state index < -0.39 is 0 Å². The number of halogens is 1. The van der Waals surface area contributed by atoms with Crippen LogP contribution < -0.4 is 5.32 Å². The molecule has 1 atom stereocenters. The number of pyridine rings is 1. The van der Waals surface area contributed by atoms with Gasteiger partial charge in [-0.2, -0.15) is 0 Å². The SMILES string of the molecule is Cc1ccc(C(C)Nc2ccnc(Cl)c2)cc1[N+](=O)[O-]. The van der Waals surface area contributed by atoms with E-state index in [0.717, 1.165) is 11.3 Å². The van der Waals surface area contributed by atoms with E-state index in [-0.39, 0.29) is 16.7 Å². The van der Waals surface area contributed by atoms with Gasteiger partial charge in [0.15, 0.2) is 0 Å². The van der Waals surface area contributed by atoms with E-state index in [4.69, 9.17) is 11.6 Å². The first-order chi connectivity index (χ1) is 9.47. The van der Waals surface area contributed by atoms with Crippen molar-refractivity contribution in [1.29, 1.82) is 0 Å². The highest BCUT2D eigenvalue weighted by Gasteiger charge is 2.14. The Kier molecular flexibility index (Phi) is 4.20. The molecule has 0 aliphatic heterocycles. The van der Waals surface area contributed by atoms with Crippen molar-refractivity contribution in [2.75, 3.05) is 5.32 Å². The van der Waals surface area contributed by atoms with Crippen LogP contribution in [-0.4, -0.2) is 9.91 Å². The normalized spacial score (nSPS) is 11.9. The summed E-state index contributed by atoms with van der Waals surface area (Å²) >= 11 is 5.82. The Bertz CT molecular complexity index is 646. The van der Waals surface area contributed by atoms with Crippen LogP contribution in [0, 0.1) is 17.0 Å². The molecule has 1 heterocycles. The van der Waals surface area contributed by atoms with Crippen molar-refractivity contribution in [2.24, 2.45) is 0 Å². The zero-order valence-electron chi connectivity index (χ0n) is 11.1. The van der Waals surface area contributed by atoms with Gasteiger partial charge in [-0.15, -0.1) is 0 Å². The van der Waals surface area contributed by atoms with Crippen molar-refractivity contribution in [3.05, 3.63) is 62.9 Å². The lowest BCUT2D eigenvalue weighted by atomic mass is 10.0. The van der Waals surface area contributed by atoms with Crippen molar-refractivity contribution in [3.8, 4) is 0 Å².